The zero-order valence-corrected chi connectivity index (χ0v) is 34.2. The predicted molar refractivity (Wildman–Crippen MR) is 215 cm³/mol. The Balaban J connectivity index is 1.60. The van der Waals surface area contributed by atoms with Crippen molar-refractivity contribution in [1.82, 2.24) is 9.80 Å². The van der Waals surface area contributed by atoms with E-state index >= 15 is 0 Å². The minimum Gasteiger partial charge on any atom is -0.494 e. The fourth-order valence-electron chi connectivity index (χ4n) is 6.41. The van der Waals surface area contributed by atoms with Gasteiger partial charge < -0.3 is 18.9 Å². The van der Waals surface area contributed by atoms with Gasteiger partial charge in [-0.3, -0.25) is 4.90 Å². The quantitative estimate of drug-likeness (QED) is 0.114. The van der Waals surface area contributed by atoms with E-state index in [0.29, 0.717) is 25.3 Å². The summed E-state index contributed by atoms with van der Waals surface area (Å²) >= 11 is 0. The highest BCUT2D eigenvalue weighted by atomic mass is 16.6. The first-order valence-electron chi connectivity index (χ1n) is 19.5. The predicted octanol–water partition coefficient (Wildman–Crippen LogP) is 11.4. The molecule has 292 valence electrons. The van der Waals surface area contributed by atoms with Crippen molar-refractivity contribution >= 4 is 12.2 Å². The van der Waals surface area contributed by atoms with Gasteiger partial charge in [0.05, 0.1) is 13.2 Å². The molecule has 0 saturated carbocycles. The Hall–Kier alpha value is -4.04. The van der Waals surface area contributed by atoms with Gasteiger partial charge in [0.1, 0.15) is 23.7 Å². The summed E-state index contributed by atoms with van der Waals surface area (Å²) in [5, 5.41) is 0. The minimum absolute atomic E-state index is 0.138. The molecule has 2 amide bonds. The zero-order chi connectivity index (χ0) is 39.0. The third-order valence-electron chi connectivity index (χ3n) is 9.01. The summed E-state index contributed by atoms with van der Waals surface area (Å²) in [4.78, 5) is 29.1. The van der Waals surface area contributed by atoms with Gasteiger partial charge in [-0.25, -0.2) is 14.5 Å². The van der Waals surface area contributed by atoms with Gasteiger partial charge in [0.15, 0.2) is 0 Å². The molecule has 0 aliphatic heterocycles. The van der Waals surface area contributed by atoms with Gasteiger partial charge in [-0.15, -0.1) is 0 Å². The number of nitrogens with zero attached hydrogens (tertiary/aromatic N) is 2. The Morgan fingerprint density at radius 1 is 0.679 bits per heavy atom. The van der Waals surface area contributed by atoms with Crippen molar-refractivity contribution in [2.24, 2.45) is 0 Å². The van der Waals surface area contributed by atoms with Crippen molar-refractivity contribution in [3.8, 4) is 11.5 Å². The van der Waals surface area contributed by atoms with Crippen LogP contribution in [0.25, 0.3) is 0 Å². The maximum absolute atomic E-state index is 12.8. The van der Waals surface area contributed by atoms with Crippen LogP contribution in [-0.4, -0.2) is 65.0 Å². The van der Waals surface area contributed by atoms with E-state index in [9.17, 15) is 9.59 Å². The lowest BCUT2D eigenvalue weighted by molar-refractivity contribution is 0.00421. The molecule has 0 N–H and O–H groups in total. The molecule has 0 aliphatic rings. The van der Waals surface area contributed by atoms with Crippen LogP contribution in [0.1, 0.15) is 130 Å². The molecular formula is C45H66N2O6. The van der Waals surface area contributed by atoms with Gasteiger partial charge in [-0.1, -0.05) is 79.9 Å². The van der Waals surface area contributed by atoms with Gasteiger partial charge in [0.25, 0.3) is 0 Å². The van der Waals surface area contributed by atoms with E-state index in [0.717, 1.165) is 72.6 Å². The van der Waals surface area contributed by atoms with Crippen molar-refractivity contribution in [1.29, 1.82) is 0 Å². The molecule has 0 saturated heterocycles. The number of imide groups is 1. The summed E-state index contributed by atoms with van der Waals surface area (Å²) in [6, 6.07) is 28.2. The van der Waals surface area contributed by atoms with Crippen LogP contribution in [0.2, 0.25) is 0 Å². The third kappa shape index (κ3) is 15.1. The molecule has 0 aromatic heterocycles. The molecule has 8 heteroatoms. The third-order valence-corrected chi connectivity index (χ3v) is 9.01. The van der Waals surface area contributed by atoms with Crippen molar-refractivity contribution in [3.63, 3.8) is 0 Å². The first-order valence-corrected chi connectivity index (χ1v) is 19.5. The van der Waals surface area contributed by atoms with Crippen LogP contribution >= 0.6 is 0 Å². The molecule has 0 fully saturated rings. The second-order valence-electron chi connectivity index (χ2n) is 16.4. The Morgan fingerprint density at radius 2 is 1.26 bits per heavy atom. The van der Waals surface area contributed by atoms with E-state index in [1.807, 2.05) is 24.3 Å². The second-order valence-corrected chi connectivity index (χ2v) is 16.4. The lowest BCUT2D eigenvalue weighted by atomic mass is 9.87. The number of ether oxygens (including phenoxy) is 4. The molecule has 1 atom stereocenters. The van der Waals surface area contributed by atoms with Crippen LogP contribution in [0, 0.1) is 0 Å². The fourth-order valence-corrected chi connectivity index (χ4v) is 6.41. The van der Waals surface area contributed by atoms with Crippen LogP contribution in [0.4, 0.5) is 9.59 Å². The molecule has 3 aromatic carbocycles. The van der Waals surface area contributed by atoms with Gasteiger partial charge >= 0.3 is 12.2 Å². The van der Waals surface area contributed by atoms with Gasteiger partial charge in [0, 0.05) is 29.1 Å². The summed E-state index contributed by atoms with van der Waals surface area (Å²) in [6.45, 7) is 22.1. The van der Waals surface area contributed by atoms with E-state index in [2.05, 4.69) is 87.2 Å². The summed E-state index contributed by atoms with van der Waals surface area (Å²) in [5.41, 5.74) is 2.07. The molecular weight excluding hydrogens is 665 g/mol. The van der Waals surface area contributed by atoms with E-state index in [-0.39, 0.29) is 12.5 Å². The van der Waals surface area contributed by atoms with Gasteiger partial charge in [-0.05, 0) is 124 Å². The number of carbonyl (C=O) groups is 2. The standard InChI is InChI=1S/C45H66N2O6/c1-34(2)46(35(3)4)29-28-39(37-24-18-15-19-25-37)40-32-38(26-27-41(40)52-33-36-22-16-14-17-23-36)50-30-20-12-11-13-21-31-51-42(48)47(44(5,6)7)43(49)53-45(8,9)10/h14-19,22-27,32,34-35,39H,11-13,20-21,28-31,33H2,1-10H3/t39-/m1/s1. The number of hydrogen-bond donors (Lipinski definition) is 0. The monoisotopic (exact) mass is 730 g/mol. The number of benzene rings is 3. The minimum atomic E-state index is -0.763. The lowest BCUT2D eigenvalue weighted by Crippen LogP contribution is -2.51. The number of rotatable bonds is 19. The average Bonchev–Trinajstić information content (AvgIpc) is 3.08. The molecule has 0 spiro atoms. The van der Waals surface area contributed by atoms with Crippen LogP contribution in [-0.2, 0) is 16.1 Å². The Labute approximate surface area is 320 Å². The summed E-state index contributed by atoms with van der Waals surface area (Å²) < 4.78 is 23.8. The van der Waals surface area contributed by atoms with E-state index in [1.165, 1.54) is 5.56 Å². The molecule has 53 heavy (non-hydrogen) atoms. The summed E-state index contributed by atoms with van der Waals surface area (Å²) in [7, 11) is 0. The second kappa shape index (κ2) is 21.0. The van der Waals surface area contributed by atoms with Crippen molar-refractivity contribution in [3.05, 3.63) is 95.6 Å². The van der Waals surface area contributed by atoms with Gasteiger partial charge in [0.2, 0.25) is 0 Å². The normalized spacial score (nSPS) is 12.5. The smallest absolute Gasteiger partial charge is 0.420 e. The molecule has 0 aliphatic carbocycles. The SMILES string of the molecule is CC(C)N(CC[C@H](c1ccccc1)c1cc(OCCCCCCCOC(=O)N(C(=O)OC(C)(C)C)C(C)(C)C)ccc1OCc1ccccc1)C(C)C. The fraction of sp³-hybridized carbons (Fsp3) is 0.556. The largest absolute Gasteiger partial charge is 0.494 e. The molecule has 0 bridgehead atoms. The first kappa shape index (κ1) is 43.4. The van der Waals surface area contributed by atoms with E-state index in [1.54, 1.807) is 41.5 Å². The molecule has 0 unspecified atom stereocenters. The Morgan fingerprint density at radius 3 is 1.85 bits per heavy atom. The number of amides is 2. The number of unbranched alkanes of at least 4 members (excludes halogenated alkanes) is 4. The highest BCUT2D eigenvalue weighted by molar-refractivity contribution is 5.89. The lowest BCUT2D eigenvalue weighted by Gasteiger charge is -2.34. The Bertz CT molecular complexity index is 1500. The Kier molecular flexibility index (Phi) is 17.2. The topological polar surface area (TPSA) is 77.5 Å². The van der Waals surface area contributed by atoms with Gasteiger partial charge in [-0.2, -0.15) is 0 Å². The first-order chi connectivity index (χ1) is 25.1. The summed E-state index contributed by atoms with van der Waals surface area (Å²) in [6.07, 6.45) is 4.12. The highest BCUT2D eigenvalue weighted by Crippen LogP contribution is 2.38. The van der Waals surface area contributed by atoms with Crippen LogP contribution < -0.4 is 9.47 Å². The van der Waals surface area contributed by atoms with Crippen molar-refractivity contribution in [2.75, 3.05) is 19.8 Å². The maximum atomic E-state index is 12.8. The van der Waals surface area contributed by atoms with Crippen LogP contribution in [0.5, 0.6) is 11.5 Å². The molecule has 0 heterocycles. The van der Waals surface area contributed by atoms with E-state index in [4.69, 9.17) is 18.9 Å². The zero-order valence-electron chi connectivity index (χ0n) is 34.2. The highest BCUT2D eigenvalue weighted by Gasteiger charge is 2.37. The number of hydrogen-bond acceptors (Lipinski definition) is 7. The molecule has 8 nitrogen and oxygen atoms in total. The average molecular weight is 731 g/mol. The molecule has 3 rings (SSSR count). The maximum Gasteiger partial charge on any atom is 0.420 e. The molecule has 0 radical (unpaired) electrons. The summed E-state index contributed by atoms with van der Waals surface area (Å²) in [5.74, 6) is 1.87. The van der Waals surface area contributed by atoms with Crippen LogP contribution in [0.3, 0.4) is 0 Å². The van der Waals surface area contributed by atoms with Crippen LogP contribution in [0.15, 0.2) is 78.9 Å². The number of carbonyl (C=O) groups excluding carboxylic acids is 2. The molecule has 3 aromatic rings. The van der Waals surface area contributed by atoms with E-state index < -0.39 is 23.3 Å². The van der Waals surface area contributed by atoms with Crippen molar-refractivity contribution in [2.45, 2.75) is 144 Å². The van der Waals surface area contributed by atoms with Crippen molar-refractivity contribution < 1.29 is 28.5 Å².